The highest BCUT2D eigenvalue weighted by atomic mass is 19.2. The summed E-state index contributed by atoms with van der Waals surface area (Å²) in [5.74, 6) is -0.325. The summed E-state index contributed by atoms with van der Waals surface area (Å²) >= 11 is 0. The third-order valence-electron chi connectivity index (χ3n) is 5.41. The second-order valence-electron chi connectivity index (χ2n) is 7.44. The number of rotatable bonds is 4. The second-order valence-corrected chi connectivity index (χ2v) is 7.44. The van der Waals surface area contributed by atoms with Crippen molar-refractivity contribution in [3.63, 3.8) is 0 Å². The van der Waals surface area contributed by atoms with Crippen LogP contribution in [0.1, 0.15) is 24.6 Å². The fraction of sp³-hybridized carbons (Fsp3) is 0.217. The molecule has 1 atom stereocenters. The van der Waals surface area contributed by atoms with Crippen molar-refractivity contribution >= 4 is 11.3 Å². The third kappa shape index (κ3) is 3.59. The van der Waals surface area contributed by atoms with Crippen molar-refractivity contribution in [2.45, 2.75) is 18.8 Å². The first-order chi connectivity index (χ1) is 15.1. The quantitative estimate of drug-likeness (QED) is 0.504. The van der Waals surface area contributed by atoms with Crippen molar-refractivity contribution < 1.29 is 18.3 Å². The van der Waals surface area contributed by atoms with E-state index in [1.54, 1.807) is 18.3 Å². The van der Waals surface area contributed by atoms with Gasteiger partial charge in [0.05, 0.1) is 6.61 Å². The fourth-order valence-electron chi connectivity index (χ4n) is 3.89. The van der Waals surface area contributed by atoms with Gasteiger partial charge in [0, 0.05) is 30.5 Å². The van der Waals surface area contributed by atoms with E-state index in [2.05, 4.69) is 4.98 Å². The van der Waals surface area contributed by atoms with Crippen LogP contribution in [0.5, 0.6) is 11.5 Å². The second kappa shape index (κ2) is 7.96. The zero-order chi connectivity index (χ0) is 21.4. The number of aromatic nitrogens is 3. The SMILES string of the molecule is Nc1nccn2c(C3CCCOC3)nc(-c3ccc(Oc4cccc(F)c4F)cc3)c12. The van der Waals surface area contributed by atoms with Crippen LogP contribution in [0.15, 0.2) is 54.9 Å². The Hall–Kier alpha value is -3.52. The van der Waals surface area contributed by atoms with E-state index in [1.165, 1.54) is 12.1 Å². The van der Waals surface area contributed by atoms with Crippen molar-refractivity contribution in [1.82, 2.24) is 14.4 Å². The molecule has 6 nitrogen and oxygen atoms in total. The van der Waals surface area contributed by atoms with Crippen molar-refractivity contribution in [3.05, 3.63) is 72.3 Å². The number of fused-ring (bicyclic) bond motifs is 1. The molecule has 31 heavy (non-hydrogen) atoms. The van der Waals surface area contributed by atoms with E-state index in [9.17, 15) is 8.78 Å². The topological polar surface area (TPSA) is 74.7 Å². The maximum absolute atomic E-state index is 13.9. The fourth-order valence-corrected chi connectivity index (χ4v) is 3.89. The number of nitrogen functional groups attached to an aromatic ring is 1. The molecule has 1 saturated heterocycles. The van der Waals surface area contributed by atoms with Gasteiger partial charge >= 0.3 is 0 Å². The molecule has 0 spiro atoms. The van der Waals surface area contributed by atoms with E-state index in [-0.39, 0.29) is 11.7 Å². The van der Waals surface area contributed by atoms with Gasteiger partial charge in [-0.1, -0.05) is 6.07 Å². The Morgan fingerprint density at radius 3 is 2.74 bits per heavy atom. The molecule has 5 rings (SSSR count). The van der Waals surface area contributed by atoms with Crippen molar-refractivity contribution in [2.24, 2.45) is 0 Å². The van der Waals surface area contributed by atoms with Crippen molar-refractivity contribution in [2.75, 3.05) is 18.9 Å². The molecule has 2 aromatic carbocycles. The lowest BCUT2D eigenvalue weighted by molar-refractivity contribution is 0.0779. The summed E-state index contributed by atoms with van der Waals surface area (Å²) in [4.78, 5) is 9.12. The molecule has 0 radical (unpaired) electrons. The van der Waals surface area contributed by atoms with Crippen LogP contribution in [-0.2, 0) is 4.74 Å². The van der Waals surface area contributed by atoms with Crippen LogP contribution in [0.4, 0.5) is 14.6 Å². The Bertz CT molecular complexity index is 1230. The van der Waals surface area contributed by atoms with E-state index >= 15 is 0 Å². The number of hydrogen-bond acceptors (Lipinski definition) is 5. The van der Waals surface area contributed by atoms with Gasteiger partial charge in [0.15, 0.2) is 11.6 Å². The van der Waals surface area contributed by atoms with Crippen LogP contribution in [0.2, 0.25) is 0 Å². The lowest BCUT2D eigenvalue weighted by atomic mass is 10.0. The molecule has 2 N–H and O–H groups in total. The highest BCUT2D eigenvalue weighted by Crippen LogP contribution is 2.34. The summed E-state index contributed by atoms with van der Waals surface area (Å²) in [6.07, 6.45) is 5.49. The minimum Gasteiger partial charge on any atom is -0.454 e. The number of nitrogens with two attached hydrogens (primary N) is 1. The van der Waals surface area contributed by atoms with Crippen molar-refractivity contribution in [1.29, 1.82) is 0 Å². The molecular weight excluding hydrogens is 402 g/mol. The summed E-state index contributed by atoms with van der Waals surface area (Å²) in [5, 5.41) is 0. The van der Waals surface area contributed by atoms with Crippen LogP contribution in [0.25, 0.3) is 16.8 Å². The molecule has 1 aliphatic heterocycles. The highest BCUT2D eigenvalue weighted by Gasteiger charge is 2.24. The first-order valence-electron chi connectivity index (χ1n) is 10.0. The molecule has 3 heterocycles. The smallest absolute Gasteiger partial charge is 0.201 e. The maximum Gasteiger partial charge on any atom is 0.201 e. The molecule has 8 heteroatoms. The molecule has 0 amide bonds. The van der Waals surface area contributed by atoms with Gasteiger partial charge in [-0.15, -0.1) is 0 Å². The summed E-state index contributed by atoms with van der Waals surface area (Å²) in [6, 6.07) is 10.8. The molecule has 158 valence electrons. The van der Waals surface area contributed by atoms with E-state index in [0.29, 0.717) is 23.9 Å². The van der Waals surface area contributed by atoms with E-state index in [0.717, 1.165) is 42.4 Å². The molecule has 1 aliphatic rings. The first-order valence-corrected chi connectivity index (χ1v) is 10.0. The lowest BCUT2D eigenvalue weighted by Crippen LogP contribution is -2.17. The van der Waals surface area contributed by atoms with Gasteiger partial charge in [0.25, 0.3) is 0 Å². The standard InChI is InChI=1S/C23H20F2N4O2/c24-17-4-1-5-18(19(17)25)31-16-8-6-14(7-9-16)20-21-22(26)27-10-11-29(21)23(28-20)15-3-2-12-30-13-15/h1,4-11,15H,2-3,12-13H2,(H2,26,27). The lowest BCUT2D eigenvalue weighted by Gasteiger charge is -2.20. The number of anilines is 1. The van der Waals surface area contributed by atoms with Gasteiger partial charge in [-0.25, -0.2) is 14.4 Å². The normalized spacial score (nSPS) is 16.5. The van der Waals surface area contributed by atoms with E-state index < -0.39 is 11.6 Å². The number of nitrogens with zero attached hydrogens (tertiary/aromatic N) is 3. The van der Waals surface area contributed by atoms with E-state index in [1.807, 2.05) is 22.7 Å². The predicted molar refractivity (Wildman–Crippen MR) is 112 cm³/mol. The number of ether oxygens (including phenoxy) is 2. The maximum atomic E-state index is 13.9. The largest absolute Gasteiger partial charge is 0.454 e. The van der Waals surface area contributed by atoms with Gasteiger partial charge < -0.3 is 15.2 Å². The Kier molecular flexibility index (Phi) is 4.99. The van der Waals surface area contributed by atoms with Crippen LogP contribution in [0.3, 0.4) is 0 Å². The van der Waals surface area contributed by atoms with Gasteiger partial charge in [0.2, 0.25) is 5.82 Å². The monoisotopic (exact) mass is 422 g/mol. The number of benzene rings is 2. The van der Waals surface area contributed by atoms with E-state index in [4.69, 9.17) is 20.2 Å². The van der Waals surface area contributed by atoms with Crippen LogP contribution in [-0.4, -0.2) is 27.6 Å². The van der Waals surface area contributed by atoms with Crippen molar-refractivity contribution in [3.8, 4) is 22.8 Å². The molecule has 0 bridgehead atoms. The summed E-state index contributed by atoms with van der Waals surface area (Å²) < 4.78 is 40.4. The van der Waals surface area contributed by atoms with Crippen LogP contribution in [0, 0.1) is 11.6 Å². The first kappa shape index (κ1) is 19.4. The Morgan fingerprint density at radius 2 is 1.97 bits per heavy atom. The number of halogens is 2. The molecule has 0 aliphatic carbocycles. The Balaban J connectivity index is 1.51. The molecular formula is C23H20F2N4O2. The number of imidazole rings is 1. The Labute approximate surface area is 177 Å². The number of hydrogen-bond donors (Lipinski definition) is 1. The van der Waals surface area contributed by atoms with Gasteiger partial charge in [-0.2, -0.15) is 4.39 Å². The molecule has 4 aromatic rings. The van der Waals surface area contributed by atoms with Gasteiger partial charge in [-0.3, -0.25) is 4.40 Å². The summed E-state index contributed by atoms with van der Waals surface area (Å²) in [6.45, 7) is 1.39. The summed E-state index contributed by atoms with van der Waals surface area (Å²) in [5.41, 5.74) is 8.44. The third-order valence-corrected chi connectivity index (χ3v) is 5.41. The van der Waals surface area contributed by atoms with Crippen LogP contribution >= 0.6 is 0 Å². The molecule has 1 fully saturated rings. The van der Waals surface area contributed by atoms with Gasteiger partial charge in [-0.05, 0) is 49.2 Å². The zero-order valence-corrected chi connectivity index (χ0v) is 16.6. The minimum atomic E-state index is -1.02. The predicted octanol–water partition coefficient (Wildman–Crippen LogP) is 4.94. The minimum absolute atomic E-state index is 0.173. The Morgan fingerprint density at radius 1 is 1.13 bits per heavy atom. The average Bonchev–Trinajstić information content (AvgIpc) is 3.19. The van der Waals surface area contributed by atoms with Gasteiger partial charge in [0.1, 0.15) is 28.6 Å². The zero-order valence-electron chi connectivity index (χ0n) is 16.6. The highest BCUT2D eigenvalue weighted by molar-refractivity contribution is 5.85. The molecule has 2 aromatic heterocycles. The average molecular weight is 422 g/mol. The summed E-state index contributed by atoms with van der Waals surface area (Å²) in [7, 11) is 0. The molecule has 0 saturated carbocycles. The molecule has 1 unspecified atom stereocenters. The van der Waals surface area contributed by atoms with Crippen LogP contribution < -0.4 is 10.5 Å².